The average molecular weight is 664 g/mol. The number of aromatic nitrogens is 3. The summed E-state index contributed by atoms with van der Waals surface area (Å²) in [6.07, 6.45) is -7.78. The van der Waals surface area contributed by atoms with Crippen LogP contribution in [0.2, 0.25) is 5.02 Å². The van der Waals surface area contributed by atoms with Crippen molar-refractivity contribution in [2.75, 3.05) is 6.61 Å². The molecule has 5 atom stereocenters. The molecule has 2 fully saturated rings. The number of hydrogen-bond donors (Lipinski definition) is 3. The van der Waals surface area contributed by atoms with Gasteiger partial charge in [-0.3, -0.25) is 5.41 Å². The second-order valence-corrected chi connectivity index (χ2v) is 11.2. The molecule has 5 unspecified atom stereocenters. The van der Waals surface area contributed by atoms with Gasteiger partial charge in [0, 0.05) is 22.4 Å². The van der Waals surface area contributed by atoms with E-state index in [4.69, 9.17) is 26.5 Å². The van der Waals surface area contributed by atoms with E-state index in [1.807, 2.05) is 0 Å². The van der Waals surface area contributed by atoms with E-state index < -0.39 is 65.3 Å². The molecule has 3 aromatic carbocycles. The van der Waals surface area contributed by atoms with Crippen molar-refractivity contribution in [2.45, 2.75) is 43.6 Å². The van der Waals surface area contributed by atoms with Crippen LogP contribution >= 0.6 is 11.6 Å². The monoisotopic (exact) mass is 663 g/mol. The first-order chi connectivity index (χ1) is 21.8. The summed E-state index contributed by atoms with van der Waals surface area (Å²) < 4.78 is 96.9. The number of ether oxygens (including phenoxy) is 2. The summed E-state index contributed by atoms with van der Waals surface area (Å²) in [6, 6.07) is 11.7. The van der Waals surface area contributed by atoms with Crippen LogP contribution in [0.3, 0.4) is 0 Å². The van der Waals surface area contributed by atoms with E-state index in [1.54, 1.807) is 30.3 Å². The van der Waals surface area contributed by atoms with Crippen LogP contribution in [0.25, 0.3) is 11.3 Å². The van der Waals surface area contributed by atoms with Crippen molar-refractivity contribution in [3.8, 4) is 5.69 Å². The van der Waals surface area contributed by atoms with Crippen LogP contribution in [0.4, 0.5) is 26.3 Å². The van der Waals surface area contributed by atoms with E-state index in [-0.39, 0.29) is 40.1 Å². The summed E-state index contributed by atoms with van der Waals surface area (Å²) in [6.45, 7) is 1.55. The molecule has 0 spiro atoms. The Morgan fingerprint density at radius 1 is 1.07 bits per heavy atom. The molecule has 0 saturated carbocycles. The SMILES string of the molecule is Cc1nc(C2OC3COC3C(N/C=C(\C(=N)c3ccccc3)c3cc(F)c(F)c(F)c3)C2O)n(-c2cc(Cl)ccc2C(F)(F)F)n1. The topological polar surface area (TPSA) is 105 Å². The molecule has 8 nitrogen and oxygen atoms in total. The summed E-state index contributed by atoms with van der Waals surface area (Å²) in [7, 11) is 0. The minimum atomic E-state index is -4.77. The van der Waals surface area contributed by atoms with Gasteiger partial charge < -0.3 is 19.9 Å². The van der Waals surface area contributed by atoms with Crippen molar-refractivity contribution in [1.82, 2.24) is 20.1 Å². The number of aliphatic hydroxyl groups is 1. The first kappa shape index (κ1) is 31.7. The van der Waals surface area contributed by atoms with Crippen molar-refractivity contribution >= 4 is 22.9 Å². The quantitative estimate of drug-likeness (QED) is 0.129. The Labute approximate surface area is 262 Å². The number of nitrogens with zero attached hydrogens (tertiary/aromatic N) is 3. The highest BCUT2D eigenvalue weighted by Crippen LogP contribution is 2.40. The van der Waals surface area contributed by atoms with Crippen LogP contribution in [0.5, 0.6) is 0 Å². The number of halogens is 7. The smallest absolute Gasteiger partial charge is 0.388 e. The molecular weight excluding hydrogens is 640 g/mol. The van der Waals surface area contributed by atoms with Gasteiger partial charge in [-0.1, -0.05) is 41.9 Å². The first-order valence-electron chi connectivity index (χ1n) is 13.8. The van der Waals surface area contributed by atoms with Gasteiger partial charge in [0.25, 0.3) is 0 Å². The lowest BCUT2D eigenvalue weighted by atomic mass is 9.88. The van der Waals surface area contributed by atoms with E-state index in [0.717, 1.165) is 35.0 Å². The Hall–Kier alpha value is -4.24. The van der Waals surface area contributed by atoms with Crippen molar-refractivity contribution in [3.63, 3.8) is 0 Å². The third-order valence-electron chi connectivity index (χ3n) is 7.71. The maximum Gasteiger partial charge on any atom is 0.418 e. The molecule has 2 aliphatic rings. The largest absolute Gasteiger partial charge is 0.418 e. The first-order valence-corrected chi connectivity index (χ1v) is 14.2. The van der Waals surface area contributed by atoms with E-state index in [0.29, 0.717) is 5.56 Å². The van der Waals surface area contributed by atoms with Crippen LogP contribution < -0.4 is 5.32 Å². The molecule has 4 aromatic rings. The van der Waals surface area contributed by atoms with E-state index >= 15 is 0 Å². The fourth-order valence-corrected chi connectivity index (χ4v) is 5.63. The van der Waals surface area contributed by atoms with Gasteiger partial charge in [-0.2, -0.15) is 18.3 Å². The number of alkyl halides is 3. The molecule has 240 valence electrons. The number of rotatable bonds is 7. The van der Waals surface area contributed by atoms with Crippen LogP contribution in [-0.4, -0.2) is 56.5 Å². The molecule has 0 amide bonds. The van der Waals surface area contributed by atoms with Gasteiger partial charge in [-0.25, -0.2) is 22.8 Å². The summed E-state index contributed by atoms with van der Waals surface area (Å²) in [5, 5.41) is 27.5. The highest BCUT2D eigenvalue weighted by molar-refractivity contribution is 6.31. The van der Waals surface area contributed by atoms with Crippen LogP contribution in [0.15, 0.2) is 66.9 Å². The fraction of sp³-hybridized carbons (Fsp3) is 0.258. The molecule has 3 N–H and O–H groups in total. The maximum absolute atomic E-state index is 14.3. The second kappa shape index (κ2) is 12.2. The predicted octanol–water partition coefficient (Wildman–Crippen LogP) is 5.93. The molecule has 3 heterocycles. The summed E-state index contributed by atoms with van der Waals surface area (Å²) >= 11 is 6.06. The molecule has 0 aliphatic carbocycles. The number of aliphatic hydroxyl groups excluding tert-OH is 1. The summed E-state index contributed by atoms with van der Waals surface area (Å²) in [5.74, 6) is -4.66. The minimum Gasteiger partial charge on any atom is -0.388 e. The Balaban J connectivity index is 1.39. The number of allylic oxidation sites excluding steroid dienone is 1. The molecule has 2 aliphatic heterocycles. The standard InChI is InChI=1S/C31H24ClF6N5O3/c1-14-41-30(43(42-14)22-11-17(32)7-8-19(22)31(36,37)38)29-27(44)26(28-23(46-29)13-45-28)40-12-18(25(39)15-5-3-2-4-6-15)16-9-20(33)24(35)21(34)10-16/h2-12,23,26-29,39-40,44H,13H2,1H3/b18-12-,39-25?. The molecule has 0 radical (unpaired) electrons. The van der Waals surface area contributed by atoms with Crippen LogP contribution in [-0.2, 0) is 15.7 Å². The lowest BCUT2D eigenvalue weighted by Gasteiger charge is -2.50. The highest BCUT2D eigenvalue weighted by Gasteiger charge is 2.52. The number of benzene rings is 3. The van der Waals surface area contributed by atoms with Gasteiger partial charge in [-0.15, -0.1) is 0 Å². The second-order valence-electron chi connectivity index (χ2n) is 10.7. The summed E-state index contributed by atoms with van der Waals surface area (Å²) in [5.41, 5.74) is -1.51. The zero-order valence-corrected chi connectivity index (χ0v) is 24.5. The Bertz CT molecular complexity index is 1810. The number of nitrogens with one attached hydrogen (secondary N) is 2. The number of hydrogen-bond acceptors (Lipinski definition) is 7. The Morgan fingerprint density at radius 2 is 1.76 bits per heavy atom. The molecule has 6 rings (SSSR count). The third kappa shape index (κ3) is 5.88. The van der Waals surface area contributed by atoms with Gasteiger partial charge >= 0.3 is 6.18 Å². The fourth-order valence-electron chi connectivity index (χ4n) is 5.46. The molecule has 0 bridgehead atoms. The molecular formula is C31H24ClF6N5O3. The number of aryl methyl sites for hydroxylation is 1. The van der Waals surface area contributed by atoms with Crippen molar-refractivity contribution in [1.29, 1.82) is 5.41 Å². The Kier molecular flexibility index (Phi) is 8.40. The lowest BCUT2D eigenvalue weighted by Crippen LogP contribution is -2.66. The van der Waals surface area contributed by atoms with Crippen LogP contribution in [0.1, 0.15) is 34.4 Å². The van der Waals surface area contributed by atoms with E-state index in [9.17, 15) is 31.4 Å². The summed E-state index contributed by atoms with van der Waals surface area (Å²) in [4.78, 5) is 4.29. The molecule has 1 aromatic heterocycles. The van der Waals surface area contributed by atoms with Crippen LogP contribution in [0, 0.1) is 29.8 Å². The van der Waals surface area contributed by atoms with E-state index in [2.05, 4.69) is 15.4 Å². The normalized spacial score (nSPS) is 23.1. The Morgan fingerprint density at radius 3 is 2.39 bits per heavy atom. The molecule has 15 heteroatoms. The minimum absolute atomic E-state index is 0.00594. The maximum atomic E-state index is 14.3. The van der Waals surface area contributed by atoms with Crippen molar-refractivity contribution < 1.29 is 40.9 Å². The highest BCUT2D eigenvalue weighted by atomic mass is 35.5. The van der Waals surface area contributed by atoms with Crippen molar-refractivity contribution in [2.24, 2.45) is 0 Å². The average Bonchev–Trinajstić information content (AvgIpc) is 3.38. The molecule has 46 heavy (non-hydrogen) atoms. The van der Waals surface area contributed by atoms with Crippen molar-refractivity contribution in [3.05, 3.63) is 118 Å². The van der Waals surface area contributed by atoms with Gasteiger partial charge in [0.2, 0.25) is 0 Å². The number of fused-ring (bicyclic) bond motifs is 1. The molecule has 2 saturated heterocycles. The lowest BCUT2D eigenvalue weighted by molar-refractivity contribution is -0.277. The zero-order valence-electron chi connectivity index (χ0n) is 23.7. The zero-order chi connectivity index (χ0) is 32.9. The van der Waals surface area contributed by atoms with Gasteiger partial charge in [0.05, 0.1) is 29.6 Å². The van der Waals surface area contributed by atoms with Gasteiger partial charge in [-0.05, 0) is 42.8 Å². The van der Waals surface area contributed by atoms with Gasteiger partial charge in [0.1, 0.15) is 30.2 Å². The third-order valence-corrected chi connectivity index (χ3v) is 7.94. The van der Waals surface area contributed by atoms with Gasteiger partial charge in [0.15, 0.2) is 23.3 Å². The van der Waals surface area contributed by atoms with E-state index in [1.165, 1.54) is 13.1 Å². The predicted molar refractivity (Wildman–Crippen MR) is 154 cm³/mol.